The highest BCUT2D eigenvalue weighted by Gasteiger charge is 2.34. The summed E-state index contributed by atoms with van der Waals surface area (Å²) < 4.78 is 5.49. The van der Waals surface area contributed by atoms with Crippen molar-refractivity contribution in [2.45, 2.75) is 38.1 Å². The first-order valence-corrected chi connectivity index (χ1v) is 7.60. The van der Waals surface area contributed by atoms with Gasteiger partial charge in [0.2, 0.25) is 0 Å². The third kappa shape index (κ3) is 2.47. The summed E-state index contributed by atoms with van der Waals surface area (Å²) in [6, 6.07) is 0.314. The van der Waals surface area contributed by atoms with E-state index in [2.05, 4.69) is 16.8 Å². The number of anilines is 1. The smallest absolute Gasteiger partial charge is 0.347 e. The Morgan fingerprint density at radius 2 is 2.37 bits per heavy atom. The first-order chi connectivity index (χ1) is 9.20. The molecule has 0 radical (unpaired) electrons. The van der Waals surface area contributed by atoms with Gasteiger partial charge >= 0.3 is 5.97 Å². The van der Waals surface area contributed by atoms with Crippen molar-refractivity contribution in [3.8, 4) is 0 Å². The first kappa shape index (κ1) is 12.9. The van der Waals surface area contributed by atoms with Gasteiger partial charge in [-0.1, -0.05) is 18.3 Å². The van der Waals surface area contributed by atoms with Gasteiger partial charge in [0.25, 0.3) is 0 Å². The number of morpholine rings is 1. The molecule has 2 fully saturated rings. The zero-order valence-electron chi connectivity index (χ0n) is 11.0. The van der Waals surface area contributed by atoms with E-state index in [-0.39, 0.29) is 0 Å². The summed E-state index contributed by atoms with van der Waals surface area (Å²) in [7, 11) is 0. The second-order valence-electron chi connectivity index (χ2n) is 5.12. The summed E-state index contributed by atoms with van der Waals surface area (Å²) in [4.78, 5) is 18.6. The van der Waals surface area contributed by atoms with E-state index in [9.17, 15) is 9.90 Å². The van der Waals surface area contributed by atoms with E-state index < -0.39 is 5.97 Å². The molecule has 6 heteroatoms. The molecule has 0 bridgehead atoms. The number of carboxylic acids is 1. The number of ether oxygens (including phenoxy) is 1. The largest absolute Gasteiger partial charge is 0.477 e. The lowest BCUT2D eigenvalue weighted by Gasteiger charge is -2.34. The maximum absolute atomic E-state index is 11.3. The molecule has 3 rings (SSSR count). The monoisotopic (exact) mass is 282 g/mol. The van der Waals surface area contributed by atoms with E-state index in [0.29, 0.717) is 30.1 Å². The van der Waals surface area contributed by atoms with Gasteiger partial charge in [-0.3, -0.25) is 0 Å². The van der Waals surface area contributed by atoms with Crippen LogP contribution in [0.3, 0.4) is 0 Å². The van der Waals surface area contributed by atoms with Gasteiger partial charge < -0.3 is 14.7 Å². The third-order valence-corrected chi connectivity index (χ3v) is 4.84. The van der Waals surface area contributed by atoms with Crippen LogP contribution in [0.25, 0.3) is 0 Å². The van der Waals surface area contributed by atoms with Crippen LogP contribution in [0.5, 0.6) is 0 Å². The van der Waals surface area contributed by atoms with Crippen molar-refractivity contribution in [2.75, 3.05) is 24.7 Å². The van der Waals surface area contributed by atoms with E-state index in [1.165, 1.54) is 11.3 Å². The minimum atomic E-state index is -0.841. The zero-order valence-corrected chi connectivity index (χ0v) is 11.8. The average molecular weight is 282 g/mol. The molecule has 1 aromatic rings. The van der Waals surface area contributed by atoms with Crippen LogP contribution in [0.4, 0.5) is 5.13 Å². The van der Waals surface area contributed by atoms with Crippen LogP contribution in [-0.2, 0) is 4.74 Å². The second kappa shape index (κ2) is 5.09. The zero-order chi connectivity index (χ0) is 13.4. The molecular weight excluding hydrogens is 264 g/mol. The number of hydrogen-bond acceptors (Lipinski definition) is 5. The molecule has 1 aliphatic carbocycles. The number of carbonyl (C=O) groups is 1. The lowest BCUT2D eigenvalue weighted by Crippen LogP contribution is -2.45. The van der Waals surface area contributed by atoms with Gasteiger partial charge in [-0.05, 0) is 19.3 Å². The SMILES string of the molecule is CCC1COCCN1c1nc(C2CC2)c(C(=O)O)s1. The van der Waals surface area contributed by atoms with E-state index >= 15 is 0 Å². The van der Waals surface area contributed by atoms with Gasteiger partial charge in [-0.25, -0.2) is 9.78 Å². The van der Waals surface area contributed by atoms with E-state index in [0.717, 1.165) is 36.6 Å². The number of carboxylic acid groups (broad SMARTS) is 1. The fourth-order valence-corrected chi connectivity index (χ4v) is 3.56. The molecule has 1 saturated carbocycles. The normalized spacial score (nSPS) is 23.6. The summed E-state index contributed by atoms with van der Waals surface area (Å²) in [6.45, 7) is 4.32. The summed E-state index contributed by atoms with van der Waals surface area (Å²) in [5.41, 5.74) is 0.800. The lowest BCUT2D eigenvalue weighted by molar-refractivity contribution is 0.0700. The molecule has 1 aromatic heterocycles. The Bertz CT molecular complexity index is 484. The molecule has 0 aromatic carbocycles. The van der Waals surface area contributed by atoms with Gasteiger partial charge in [0.1, 0.15) is 4.88 Å². The highest BCUT2D eigenvalue weighted by molar-refractivity contribution is 7.17. The predicted molar refractivity (Wildman–Crippen MR) is 73.3 cm³/mol. The second-order valence-corrected chi connectivity index (χ2v) is 6.10. The Morgan fingerprint density at radius 3 is 3.00 bits per heavy atom. The molecule has 0 spiro atoms. The minimum Gasteiger partial charge on any atom is -0.477 e. The van der Waals surface area contributed by atoms with E-state index in [1.807, 2.05) is 0 Å². The average Bonchev–Trinajstić information content (AvgIpc) is 3.17. The van der Waals surface area contributed by atoms with E-state index in [1.54, 1.807) is 0 Å². The highest BCUT2D eigenvalue weighted by atomic mass is 32.1. The topological polar surface area (TPSA) is 62.7 Å². The molecule has 2 heterocycles. The predicted octanol–water partition coefficient (Wildman–Crippen LogP) is 2.33. The Morgan fingerprint density at radius 1 is 1.58 bits per heavy atom. The molecule has 19 heavy (non-hydrogen) atoms. The number of aromatic carboxylic acids is 1. The van der Waals surface area contributed by atoms with Gasteiger partial charge in [-0.2, -0.15) is 0 Å². The molecule has 5 nitrogen and oxygen atoms in total. The van der Waals surface area contributed by atoms with Crippen molar-refractivity contribution in [3.05, 3.63) is 10.6 Å². The van der Waals surface area contributed by atoms with Crippen LogP contribution >= 0.6 is 11.3 Å². The standard InChI is InChI=1S/C13H18N2O3S/c1-2-9-7-18-6-5-15(9)13-14-10(8-3-4-8)11(19-13)12(16)17/h8-9H,2-7H2,1H3,(H,16,17). The molecule has 0 amide bonds. The number of thiazole rings is 1. The van der Waals surface area contributed by atoms with Crippen LogP contribution in [0.15, 0.2) is 0 Å². The Labute approximate surface area is 116 Å². The summed E-state index contributed by atoms with van der Waals surface area (Å²) in [5.74, 6) is -0.468. The Hall–Kier alpha value is -1.14. The summed E-state index contributed by atoms with van der Waals surface area (Å²) in [6.07, 6.45) is 3.13. The number of nitrogens with zero attached hydrogens (tertiary/aromatic N) is 2. The molecular formula is C13H18N2O3S. The van der Waals surface area contributed by atoms with Crippen LogP contribution in [-0.4, -0.2) is 41.9 Å². The molecule has 1 saturated heterocycles. The molecule has 104 valence electrons. The van der Waals surface area contributed by atoms with Crippen molar-refractivity contribution in [1.82, 2.24) is 4.98 Å². The fourth-order valence-electron chi connectivity index (χ4n) is 2.47. The summed E-state index contributed by atoms with van der Waals surface area (Å²) in [5, 5.41) is 10.2. The highest BCUT2D eigenvalue weighted by Crippen LogP contribution is 2.44. The number of hydrogen-bond donors (Lipinski definition) is 1. The van der Waals surface area contributed by atoms with Crippen LogP contribution in [0.2, 0.25) is 0 Å². The molecule has 1 unspecified atom stereocenters. The maximum atomic E-state index is 11.3. The van der Waals surface area contributed by atoms with Crippen LogP contribution in [0.1, 0.15) is 47.5 Å². The molecule has 1 atom stereocenters. The molecule has 1 N–H and O–H groups in total. The molecule has 1 aliphatic heterocycles. The number of rotatable bonds is 4. The Balaban J connectivity index is 1.91. The van der Waals surface area contributed by atoms with Crippen molar-refractivity contribution in [2.24, 2.45) is 0 Å². The van der Waals surface area contributed by atoms with Crippen LogP contribution in [0, 0.1) is 0 Å². The van der Waals surface area contributed by atoms with Gasteiger partial charge in [0.15, 0.2) is 5.13 Å². The number of aromatic nitrogens is 1. The van der Waals surface area contributed by atoms with Crippen molar-refractivity contribution < 1.29 is 14.6 Å². The van der Waals surface area contributed by atoms with Crippen molar-refractivity contribution in [1.29, 1.82) is 0 Å². The first-order valence-electron chi connectivity index (χ1n) is 6.79. The van der Waals surface area contributed by atoms with Crippen molar-refractivity contribution >= 4 is 22.4 Å². The Kier molecular flexibility index (Phi) is 3.45. The quantitative estimate of drug-likeness (QED) is 0.918. The fraction of sp³-hybridized carbons (Fsp3) is 0.692. The van der Waals surface area contributed by atoms with E-state index in [4.69, 9.17) is 4.74 Å². The van der Waals surface area contributed by atoms with Crippen LogP contribution < -0.4 is 4.90 Å². The third-order valence-electron chi connectivity index (χ3n) is 3.74. The molecule has 2 aliphatic rings. The maximum Gasteiger partial charge on any atom is 0.347 e. The van der Waals surface area contributed by atoms with Gasteiger partial charge in [0.05, 0.1) is 24.9 Å². The van der Waals surface area contributed by atoms with Gasteiger partial charge in [0, 0.05) is 12.5 Å². The lowest BCUT2D eigenvalue weighted by atomic mass is 10.2. The summed E-state index contributed by atoms with van der Waals surface area (Å²) >= 11 is 1.32. The van der Waals surface area contributed by atoms with Crippen molar-refractivity contribution in [3.63, 3.8) is 0 Å². The van der Waals surface area contributed by atoms with Gasteiger partial charge in [-0.15, -0.1) is 0 Å². The minimum absolute atomic E-state index is 0.314.